The molecule has 0 bridgehead atoms. The quantitative estimate of drug-likeness (QED) is 0.839. The van der Waals surface area contributed by atoms with Crippen molar-refractivity contribution in [1.82, 2.24) is 24.6 Å². The second-order valence-corrected chi connectivity index (χ2v) is 6.42. The summed E-state index contributed by atoms with van der Waals surface area (Å²) in [6.45, 7) is 2.86. The van der Waals surface area contributed by atoms with E-state index in [0.29, 0.717) is 11.8 Å². The third-order valence-electron chi connectivity index (χ3n) is 4.43. The first-order valence-electron chi connectivity index (χ1n) is 7.79. The molecule has 1 aliphatic heterocycles. The van der Waals surface area contributed by atoms with Crippen molar-refractivity contribution in [2.24, 2.45) is 5.92 Å². The summed E-state index contributed by atoms with van der Waals surface area (Å²) in [7, 11) is 2.13. The zero-order valence-electron chi connectivity index (χ0n) is 12.4. The van der Waals surface area contributed by atoms with Crippen LogP contribution in [0.3, 0.4) is 0 Å². The summed E-state index contributed by atoms with van der Waals surface area (Å²) < 4.78 is 7.63. The summed E-state index contributed by atoms with van der Waals surface area (Å²) in [4.78, 5) is 11.2. The van der Waals surface area contributed by atoms with Crippen molar-refractivity contribution in [3.8, 4) is 0 Å². The molecule has 0 amide bonds. The van der Waals surface area contributed by atoms with Gasteiger partial charge in [-0.05, 0) is 32.2 Å². The Kier molecular flexibility index (Phi) is 3.25. The van der Waals surface area contributed by atoms with Crippen LogP contribution < -0.4 is 0 Å². The van der Waals surface area contributed by atoms with Gasteiger partial charge in [-0.25, -0.2) is 4.98 Å². The predicted octanol–water partition coefficient (Wildman–Crippen LogP) is 1.84. The number of imidazole rings is 1. The average Bonchev–Trinajstić information content (AvgIpc) is 3.04. The van der Waals surface area contributed by atoms with Crippen LogP contribution in [0, 0.1) is 5.92 Å². The first kappa shape index (κ1) is 13.0. The van der Waals surface area contributed by atoms with Gasteiger partial charge >= 0.3 is 0 Å². The maximum atomic E-state index is 5.35. The molecular weight excluding hydrogens is 266 g/mol. The lowest BCUT2D eigenvalue weighted by molar-refractivity contribution is 0.206. The molecule has 0 spiro atoms. The Morgan fingerprint density at radius 3 is 3.14 bits per heavy atom. The number of aryl methyl sites for hydroxylation is 1. The summed E-state index contributed by atoms with van der Waals surface area (Å²) in [5, 5.41) is 4.08. The number of fused-ring (bicyclic) bond motifs is 1. The maximum absolute atomic E-state index is 5.35. The van der Waals surface area contributed by atoms with Gasteiger partial charge in [-0.3, -0.25) is 4.90 Å². The van der Waals surface area contributed by atoms with Crippen LogP contribution in [0.1, 0.15) is 42.7 Å². The van der Waals surface area contributed by atoms with Crippen molar-refractivity contribution in [2.45, 2.75) is 44.7 Å². The van der Waals surface area contributed by atoms with Gasteiger partial charge in [0.15, 0.2) is 5.82 Å². The minimum absolute atomic E-state index is 0.561. The van der Waals surface area contributed by atoms with Crippen LogP contribution in [-0.2, 0) is 19.5 Å². The number of hydrogen-bond acceptors (Lipinski definition) is 5. The van der Waals surface area contributed by atoms with Crippen molar-refractivity contribution in [2.75, 3.05) is 13.6 Å². The predicted molar refractivity (Wildman–Crippen MR) is 76.6 cm³/mol. The standard InChI is InChI=1S/C15H21N5O/c1-19(10-14-17-15(18-21-14)12-3-4-12)8-11-2-5-13-16-6-7-20(13)9-11/h6-7,11-12H,2-5,8-10H2,1H3/t11-/m0/s1. The van der Waals surface area contributed by atoms with Crippen LogP contribution in [0.4, 0.5) is 0 Å². The van der Waals surface area contributed by atoms with Crippen molar-refractivity contribution in [1.29, 1.82) is 0 Å². The van der Waals surface area contributed by atoms with Crippen LogP contribution in [0.5, 0.6) is 0 Å². The molecule has 1 saturated carbocycles. The number of rotatable bonds is 5. The molecule has 6 nitrogen and oxygen atoms in total. The Balaban J connectivity index is 1.32. The van der Waals surface area contributed by atoms with Gasteiger partial charge in [0.1, 0.15) is 5.82 Å². The molecule has 0 aromatic carbocycles. The molecule has 1 fully saturated rings. The molecule has 1 aliphatic carbocycles. The minimum Gasteiger partial charge on any atom is -0.338 e. The first-order valence-corrected chi connectivity index (χ1v) is 7.79. The van der Waals surface area contributed by atoms with Gasteiger partial charge in [-0.15, -0.1) is 0 Å². The van der Waals surface area contributed by atoms with E-state index in [1.54, 1.807) is 0 Å². The molecule has 0 N–H and O–H groups in total. The largest absolute Gasteiger partial charge is 0.338 e. The topological polar surface area (TPSA) is 60.0 Å². The van der Waals surface area contributed by atoms with Crippen LogP contribution in [-0.4, -0.2) is 38.2 Å². The zero-order valence-corrected chi connectivity index (χ0v) is 12.4. The van der Waals surface area contributed by atoms with Gasteiger partial charge in [0, 0.05) is 37.8 Å². The van der Waals surface area contributed by atoms with E-state index in [2.05, 4.69) is 37.8 Å². The summed E-state index contributed by atoms with van der Waals surface area (Å²) in [6.07, 6.45) is 8.70. The van der Waals surface area contributed by atoms with Crippen LogP contribution in [0.15, 0.2) is 16.9 Å². The van der Waals surface area contributed by atoms with E-state index in [4.69, 9.17) is 4.52 Å². The summed E-state index contributed by atoms with van der Waals surface area (Å²) in [6, 6.07) is 0. The highest BCUT2D eigenvalue weighted by Gasteiger charge is 2.29. The Bertz CT molecular complexity index is 615. The zero-order chi connectivity index (χ0) is 14.2. The van der Waals surface area contributed by atoms with Gasteiger partial charge < -0.3 is 9.09 Å². The molecule has 21 heavy (non-hydrogen) atoms. The fourth-order valence-electron chi connectivity index (χ4n) is 3.16. The number of hydrogen-bond donors (Lipinski definition) is 0. The molecule has 2 aliphatic rings. The van der Waals surface area contributed by atoms with Crippen LogP contribution in [0.2, 0.25) is 0 Å². The van der Waals surface area contributed by atoms with Crippen molar-refractivity contribution < 1.29 is 4.52 Å². The normalized spacial score (nSPS) is 21.7. The fraction of sp³-hybridized carbons (Fsp3) is 0.667. The van der Waals surface area contributed by atoms with E-state index in [0.717, 1.165) is 37.8 Å². The molecule has 1 atom stereocenters. The second kappa shape index (κ2) is 5.26. The lowest BCUT2D eigenvalue weighted by atomic mass is 9.99. The molecule has 112 valence electrons. The molecule has 6 heteroatoms. The SMILES string of the molecule is CN(Cc1nc(C2CC2)no1)C[C@@H]1CCc2nccn2C1. The summed E-state index contributed by atoms with van der Waals surface area (Å²) in [5.41, 5.74) is 0. The minimum atomic E-state index is 0.561. The molecule has 2 aromatic rings. The number of nitrogens with zero attached hydrogens (tertiary/aromatic N) is 5. The van der Waals surface area contributed by atoms with E-state index in [1.165, 1.54) is 25.1 Å². The molecule has 0 unspecified atom stereocenters. The van der Waals surface area contributed by atoms with Gasteiger partial charge in [0.05, 0.1) is 6.54 Å². The van der Waals surface area contributed by atoms with Gasteiger partial charge in [-0.1, -0.05) is 5.16 Å². The fourth-order valence-corrected chi connectivity index (χ4v) is 3.16. The third-order valence-corrected chi connectivity index (χ3v) is 4.43. The lowest BCUT2D eigenvalue weighted by Gasteiger charge is -2.27. The highest BCUT2D eigenvalue weighted by atomic mass is 16.5. The smallest absolute Gasteiger partial charge is 0.240 e. The third kappa shape index (κ3) is 2.85. The molecule has 4 rings (SSSR count). The highest BCUT2D eigenvalue weighted by Crippen LogP contribution is 2.38. The van der Waals surface area contributed by atoms with Gasteiger partial charge in [0.25, 0.3) is 0 Å². The Morgan fingerprint density at radius 1 is 1.38 bits per heavy atom. The van der Waals surface area contributed by atoms with E-state index >= 15 is 0 Å². The summed E-state index contributed by atoms with van der Waals surface area (Å²) >= 11 is 0. The van der Waals surface area contributed by atoms with E-state index in [9.17, 15) is 0 Å². The second-order valence-electron chi connectivity index (χ2n) is 6.42. The Hall–Kier alpha value is -1.69. The van der Waals surface area contributed by atoms with E-state index < -0.39 is 0 Å². The Labute approximate surface area is 124 Å². The monoisotopic (exact) mass is 287 g/mol. The molecule has 2 aromatic heterocycles. The van der Waals surface area contributed by atoms with E-state index in [1.807, 2.05) is 6.20 Å². The molecule has 3 heterocycles. The van der Waals surface area contributed by atoms with Gasteiger partial charge in [0.2, 0.25) is 5.89 Å². The molecular formula is C15H21N5O. The van der Waals surface area contributed by atoms with Crippen LogP contribution >= 0.6 is 0 Å². The van der Waals surface area contributed by atoms with Gasteiger partial charge in [-0.2, -0.15) is 4.98 Å². The van der Waals surface area contributed by atoms with Crippen molar-refractivity contribution in [3.05, 3.63) is 29.9 Å². The van der Waals surface area contributed by atoms with Crippen molar-refractivity contribution >= 4 is 0 Å². The summed E-state index contributed by atoms with van der Waals surface area (Å²) in [5.74, 6) is 4.10. The van der Waals surface area contributed by atoms with Crippen molar-refractivity contribution in [3.63, 3.8) is 0 Å². The molecule has 0 radical (unpaired) electrons. The maximum Gasteiger partial charge on any atom is 0.240 e. The molecule has 0 saturated heterocycles. The lowest BCUT2D eigenvalue weighted by Crippen LogP contribution is -2.31. The Morgan fingerprint density at radius 2 is 2.29 bits per heavy atom. The number of aromatic nitrogens is 4. The van der Waals surface area contributed by atoms with Crippen LogP contribution in [0.25, 0.3) is 0 Å². The first-order chi connectivity index (χ1) is 10.3. The van der Waals surface area contributed by atoms with E-state index in [-0.39, 0.29) is 0 Å². The average molecular weight is 287 g/mol. The highest BCUT2D eigenvalue weighted by molar-refractivity contribution is 5.03.